The first-order valence-corrected chi connectivity index (χ1v) is 7.88. The molecule has 2 rings (SSSR count). The average molecular weight is 319 g/mol. The van der Waals surface area contributed by atoms with Crippen LogP contribution < -0.4 is 10.5 Å². The number of benzene rings is 1. The SMILES string of the molecule is COc1cccc(CN(C)CC(=O)N2CCCC(C(N)=O)C2)c1. The zero-order valence-electron chi connectivity index (χ0n) is 13.8. The Hall–Kier alpha value is -2.08. The van der Waals surface area contributed by atoms with Crippen LogP contribution in [0.25, 0.3) is 0 Å². The number of nitrogens with zero attached hydrogens (tertiary/aromatic N) is 2. The fraction of sp³-hybridized carbons (Fsp3) is 0.529. The molecule has 0 bridgehead atoms. The number of likely N-dealkylation sites (N-methyl/N-ethyl adjacent to an activating group) is 1. The molecule has 1 atom stereocenters. The molecule has 126 valence electrons. The number of carbonyl (C=O) groups is 2. The van der Waals surface area contributed by atoms with Crippen molar-refractivity contribution in [3.63, 3.8) is 0 Å². The second-order valence-electron chi connectivity index (χ2n) is 6.11. The van der Waals surface area contributed by atoms with Crippen LogP contribution in [-0.2, 0) is 16.1 Å². The summed E-state index contributed by atoms with van der Waals surface area (Å²) in [5, 5.41) is 0. The van der Waals surface area contributed by atoms with Crippen LogP contribution in [0.5, 0.6) is 5.75 Å². The van der Waals surface area contributed by atoms with E-state index in [1.807, 2.05) is 36.2 Å². The maximum atomic E-state index is 12.4. The molecule has 2 N–H and O–H groups in total. The molecule has 1 aliphatic rings. The van der Waals surface area contributed by atoms with Gasteiger partial charge >= 0.3 is 0 Å². The van der Waals surface area contributed by atoms with Crippen LogP contribution in [0, 0.1) is 5.92 Å². The van der Waals surface area contributed by atoms with Crippen molar-refractivity contribution in [3.8, 4) is 5.75 Å². The van der Waals surface area contributed by atoms with Crippen molar-refractivity contribution in [2.75, 3.05) is 33.8 Å². The molecule has 1 saturated heterocycles. The predicted molar refractivity (Wildman–Crippen MR) is 87.8 cm³/mol. The largest absolute Gasteiger partial charge is 0.497 e. The summed E-state index contributed by atoms with van der Waals surface area (Å²) >= 11 is 0. The van der Waals surface area contributed by atoms with Gasteiger partial charge < -0.3 is 15.4 Å². The number of primary amides is 1. The summed E-state index contributed by atoms with van der Waals surface area (Å²) in [5.41, 5.74) is 6.45. The van der Waals surface area contributed by atoms with Crippen molar-refractivity contribution in [1.82, 2.24) is 9.80 Å². The molecule has 0 spiro atoms. The smallest absolute Gasteiger partial charge is 0.236 e. The highest BCUT2D eigenvalue weighted by Gasteiger charge is 2.27. The highest BCUT2D eigenvalue weighted by Crippen LogP contribution is 2.17. The van der Waals surface area contributed by atoms with Gasteiger partial charge in [0, 0.05) is 19.6 Å². The number of amides is 2. The van der Waals surface area contributed by atoms with Gasteiger partial charge in [0.1, 0.15) is 5.75 Å². The van der Waals surface area contributed by atoms with Crippen LogP contribution in [0.3, 0.4) is 0 Å². The molecule has 0 aromatic heterocycles. The molecule has 0 aliphatic carbocycles. The molecule has 1 heterocycles. The maximum absolute atomic E-state index is 12.4. The number of piperidine rings is 1. The molecule has 23 heavy (non-hydrogen) atoms. The third kappa shape index (κ3) is 4.96. The molecule has 1 aliphatic heterocycles. The fourth-order valence-corrected chi connectivity index (χ4v) is 2.91. The summed E-state index contributed by atoms with van der Waals surface area (Å²) in [4.78, 5) is 27.4. The molecule has 1 fully saturated rings. The second kappa shape index (κ2) is 7.97. The lowest BCUT2D eigenvalue weighted by Crippen LogP contribution is -2.47. The fourth-order valence-electron chi connectivity index (χ4n) is 2.91. The molecular formula is C17H25N3O3. The molecule has 1 unspecified atom stereocenters. The van der Waals surface area contributed by atoms with Gasteiger partial charge in [-0.2, -0.15) is 0 Å². The zero-order valence-corrected chi connectivity index (χ0v) is 13.8. The normalized spacial score (nSPS) is 18.0. The van der Waals surface area contributed by atoms with Crippen molar-refractivity contribution in [3.05, 3.63) is 29.8 Å². The van der Waals surface area contributed by atoms with Gasteiger partial charge in [0.05, 0.1) is 19.6 Å². The highest BCUT2D eigenvalue weighted by atomic mass is 16.5. The molecule has 0 radical (unpaired) electrons. The van der Waals surface area contributed by atoms with Gasteiger partial charge in [-0.3, -0.25) is 14.5 Å². The van der Waals surface area contributed by atoms with E-state index in [4.69, 9.17) is 10.5 Å². The van der Waals surface area contributed by atoms with Gasteiger partial charge in [-0.1, -0.05) is 12.1 Å². The van der Waals surface area contributed by atoms with Gasteiger partial charge in [-0.05, 0) is 37.6 Å². The predicted octanol–water partition coefficient (Wildman–Crippen LogP) is 0.851. The quantitative estimate of drug-likeness (QED) is 0.843. The van der Waals surface area contributed by atoms with Gasteiger partial charge in [0.25, 0.3) is 0 Å². The minimum Gasteiger partial charge on any atom is -0.497 e. The Morgan fingerprint density at radius 3 is 2.91 bits per heavy atom. The minimum atomic E-state index is -0.313. The number of nitrogens with two attached hydrogens (primary N) is 1. The van der Waals surface area contributed by atoms with Gasteiger partial charge in [-0.15, -0.1) is 0 Å². The molecule has 2 amide bonds. The number of hydrogen-bond donors (Lipinski definition) is 1. The lowest BCUT2D eigenvalue weighted by atomic mass is 9.97. The topological polar surface area (TPSA) is 75.9 Å². The lowest BCUT2D eigenvalue weighted by molar-refractivity contribution is -0.135. The van der Waals surface area contributed by atoms with Crippen LogP contribution in [0.2, 0.25) is 0 Å². The Morgan fingerprint density at radius 1 is 1.43 bits per heavy atom. The average Bonchev–Trinajstić information content (AvgIpc) is 2.55. The number of carbonyl (C=O) groups excluding carboxylic acids is 2. The standard InChI is InChI=1S/C17H25N3O3/c1-19(10-13-5-3-7-15(9-13)23-2)12-16(21)20-8-4-6-14(11-20)17(18)22/h3,5,7,9,14H,4,6,8,10-12H2,1-2H3,(H2,18,22). The summed E-state index contributed by atoms with van der Waals surface area (Å²) in [7, 11) is 3.55. The van der Waals surface area contributed by atoms with Crippen molar-refractivity contribution < 1.29 is 14.3 Å². The summed E-state index contributed by atoms with van der Waals surface area (Å²) in [6.07, 6.45) is 1.61. The van der Waals surface area contributed by atoms with E-state index in [0.29, 0.717) is 26.2 Å². The Kier molecular flexibility index (Phi) is 5.98. The van der Waals surface area contributed by atoms with Crippen LogP contribution in [0.1, 0.15) is 18.4 Å². The van der Waals surface area contributed by atoms with Crippen molar-refractivity contribution >= 4 is 11.8 Å². The third-order valence-corrected chi connectivity index (χ3v) is 4.17. The molecule has 0 saturated carbocycles. The number of hydrogen-bond acceptors (Lipinski definition) is 4. The Labute approximate surface area is 137 Å². The van der Waals surface area contributed by atoms with Gasteiger partial charge in [0.2, 0.25) is 11.8 Å². The monoisotopic (exact) mass is 319 g/mol. The van der Waals surface area contributed by atoms with Crippen LogP contribution in [0.4, 0.5) is 0 Å². The first-order valence-electron chi connectivity index (χ1n) is 7.88. The Bertz CT molecular complexity index is 562. The first kappa shape index (κ1) is 17.3. The van der Waals surface area contributed by atoms with Gasteiger partial charge in [0.15, 0.2) is 0 Å². The van der Waals surface area contributed by atoms with Gasteiger partial charge in [-0.25, -0.2) is 0 Å². The van der Waals surface area contributed by atoms with E-state index in [-0.39, 0.29) is 17.7 Å². The van der Waals surface area contributed by atoms with E-state index in [0.717, 1.165) is 24.2 Å². The minimum absolute atomic E-state index is 0.0429. The Balaban J connectivity index is 1.87. The van der Waals surface area contributed by atoms with Crippen LogP contribution >= 0.6 is 0 Å². The number of likely N-dealkylation sites (tertiary alicyclic amines) is 1. The third-order valence-electron chi connectivity index (χ3n) is 4.17. The van der Waals surface area contributed by atoms with Crippen LogP contribution in [0.15, 0.2) is 24.3 Å². The summed E-state index contributed by atoms with van der Waals surface area (Å²) in [6, 6.07) is 7.80. The van der Waals surface area contributed by atoms with Crippen LogP contribution in [-0.4, -0.2) is 55.4 Å². The molecular weight excluding hydrogens is 294 g/mol. The number of methoxy groups -OCH3 is 1. The molecule has 6 heteroatoms. The van der Waals surface area contributed by atoms with Crippen molar-refractivity contribution in [2.45, 2.75) is 19.4 Å². The van der Waals surface area contributed by atoms with Crippen molar-refractivity contribution in [2.24, 2.45) is 11.7 Å². The lowest BCUT2D eigenvalue weighted by Gasteiger charge is -2.32. The van der Waals surface area contributed by atoms with E-state index in [9.17, 15) is 9.59 Å². The maximum Gasteiger partial charge on any atom is 0.236 e. The number of rotatable bonds is 6. The van der Waals surface area contributed by atoms with E-state index >= 15 is 0 Å². The summed E-state index contributed by atoms with van der Waals surface area (Å²) in [6.45, 7) is 2.13. The van der Waals surface area contributed by atoms with E-state index in [2.05, 4.69) is 0 Å². The number of ether oxygens (including phenoxy) is 1. The van der Waals surface area contributed by atoms with E-state index in [1.165, 1.54) is 0 Å². The second-order valence-corrected chi connectivity index (χ2v) is 6.11. The molecule has 6 nitrogen and oxygen atoms in total. The molecule has 1 aromatic carbocycles. The van der Waals surface area contributed by atoms with E-state index < -0.39 is 0 Å². The zero-order chi connectivity index (χ0) is 16.8. The highest BCUT2D eigenvalue weighted by molar-refractivity contribution is 5.81. The van der Waals surface area contributed by atoms with Crippen molar-refractivity contribution in [1.29, 1.82) is 0 Å². The first-order chi connectivity index (χ1) is 11.0. The summed E-state index contributed by atoms with van der Waals surface area (Å²) < 4.78 is 5.21. The van der Waals surface area contributed by atoms with E-state index in [1.54, 1.807) is 12.0 Å². The molecule has 1 aromatic rings. The summed E-state index contributed by atoms with van der Waals surface area (Å²) in [5.74, 6) is 0.326. The Morgan fingerprint density at radius 2 is 2.22 bits per heavy atom.